The second kappa shape index (κ2) is 6.23. The van der Waals surface area contributed by atoms with Crippen LogP contribution in [0, 0.1) is 0 Å². The van der Waals surface area contributed by atoms with Gasteiger partial charge in [-0.1, -0.05) is 36.4 Å². The molecule has 0 spiro atoms. The van der Waals surface area contributed by atoms with E-state index in [1.54, 1.807) is 0 Å². The predicted octanol–water partition coefficient (Wildman–Crippen LogP) is 4.34. The molecule has 3 heterocycles. The molecular formula is C23H20N2O2. The Morgan fingerprint density at radius 2 is 1.15 bits per heavy atom. The van der Waals surface area contributed by atoms with Crippen LogP contribution in [-0.4, -0.2) is 24.7 Å². The van der Waals surface area contributed by atoms with E-state index in [2.05, 4.69) is 17.1 Å². The fourth-order valence-electron chi connectivity index (χ4n) is 4.29. The first-order valence-corrected chi connectivity index (χ1v) is 9.49. The van der Waals surface area contributed by atoms with Crippen LogP contribution in [0.5, 0.6) is 0 Å². The first kappa shape index (κ1) is 16.1. The summed E-state index contributed by atoms with van der Waals surface area (Å²) in [6.07, 6.45) is 7.15. The van der Waals surface area contributed by atoms with Crippen LogP contribution in [-0.2, 0) is 0 Å². The average molecular weight is 356 g/mol. The van der Waals surface area contributed by atoms with E-state index in [0.29, 0.717) is 29.1 Å². The highest BCUT2D eigenvalue weighted by Gasteiger charge is 2.42. The number of carbonyl (C=O) groups is 2. The third-order valence-electron chi connectivity index (χ3n) is 5.51. The summed E-state index contributed by atoms with van der Waals surface area (Å²) >= 11 is 0. The quantitative estimate of drug-likeness (QED) is 0.658. The lowest BCUT2D eigenvalue weighted by molar-refractivity contribution is 0.100. The van der Waals surface area contributed by atoms with Crippen molar-refractivity contribution < 1.29 is 9.59 Å². The molecule has 134 valence electrons. The molecular weight excluding hydrogens is 336 g/mol. The summed E-state index contributed by atoms with van der Waals surface area (Å²) in [4.78, 5) is 30.7. The summed E-state index contributed by atoms with van der Waals surface area (Å²) in [6, 6.07) is 15.3. The monoisotopic (exact) mass is 356 g/mol. The van der Waals surface area contributed by atoms with Crippen molar-refractivity contribution in [3.05, 3.63) is 83.2 Å². The van der Waals surface area contributed by atoms with Crippen molar-refractivity contribution in [2.45, 2.75) is 19.3 Å². The van der Waals surface area contributed by atoms with E-state index in [9.17, 15) is 9.59 Å². The summed E-state index contributed by atoms with van der Waals surface area (Å²) in [5.41, 5.74) is 4.27. The predicted molar refractivity (Wildman–Crippen MR) is 106 cm³/mol. The first-order chi connectivity index (χ1) is 13.3. The molecule has 0 saturated carbocycles. The van der Waals surface area contributed by atoms with E-state index in [1.165, 1.54) is 0 Å². The number of ketones is 2. The van der Waals surface area contributed by atoms with Gasteiger partial charge in [0.05, 0.1) is 11.4 Å². The van der Waals surface area contributed by atoms with Crippen LogP contribution in [0.3, 0.4) is 0 Å². The summed E-state index contributed by atoms with van der Waals surface area (Å²) in [5, 5.41) is 0. The SMILES string of the molecule is O=C1/C2=C3/C(=O)c4ccccc4N3CCC/C=C/CCN2c2ccccc21. The highest BCUT2D eigenvalue weighted by Crippen LogP contribution is 2.42. The molecule has 0 unspecified atom stereocenters. The number of nitrogens with zero attached hydrogens (tertiary/aromatic N) is 2. The van der Waals surface area contributed by atoms with Gasteiger partial charge in [0.2, 0.25) is 11.6 Å². The van der Waals surface area contributed by atoms with Gasteiger partial charge in [-0.25, -0.2) is 0 Å². The van der Waals surface area contributed by atoms with Crippen molar-refractivity contribution in [1.29, 1.82) is 0 Å². The third kappa shape index (κ3) is 2.36. The van der Waals surface area contributed by atoms with Crippen LogP contribution in [0.1, 0.15) is 40.0 Å². The number of carbonyl (C=O) groups excluding carboxylic acids is 2. The van der Waals surface area contributed by atoms with Gasteiger partial charge in [-0.15, -0.1) is 0 Å². The van der Waals surface area contributed by atoms with Crippen molar-refractivity contribution in [3.8, 4) is 0 Å². The minimum absolute atomic E-state index is 0.0426. The number of hydrogen-bond donors (Lipinski definition) is 0. The first-order valence-electron chi connectivity index (χ1n) is 9.49. The molecule has 0 amide bonds. The molecule has 0 bridgehead atoms. The molecule has 0 aromatic heterocycles. The van der Waals surface area contributed by atoms with Crippen LogP contribution in [0.15, 0.2) is 72.1 Å². The van der Waals surface area contributed by atoms with Crippen LogP contribution >= 0.6 is 0 Å². The Hall–Kier alpha value is -3.14. The second-order valence-electron chi connectivity index (χ2n) is 7.10. The fraction of sp³-hybridized carbons (Fsp3) is 0.217. The van der Waals surface area contributed by atoms with Gasteiger partial charge < -0.3 is 9.80 Å². The minimum Gasteiger partial charge on any atom is -0.336 e. The number of hydrogen-bond acceptors (Lipinski definition) is 4. The molecule has 4 heteroatoms. The van der Waals surface area contributed by atoms with E-state index in [1.807, 2.05) is 53.4 Å². The van der Waals surface area contributed by atoms with Gasteiger partial charge in [0.1, 0.15) is 11.4 Å². The zero-order valence-electron chi connectivity index (χ0n) is 15.0. The van der Waals surface area contributed by atoms with E-state index in [-0.39, 0.29) is 11.6 Å². The van der Waals surface area contributed by atoms with Gasteiger partial charge in [0, 0.05) is 24.2 Å². The highest BCUT2D eigenvalue weighted by molar-refractivity contribution is 6.28. The van der Waals surface area contributed by atoms with Gasteiger partial charge in [-0.2, -0.15) is 0 Å². The minimum atomic E-state index is -0.0463. The Labute approximate surface area is 158 Å². The maximum absolute atomic E-state index is 13.3. The van der Waals surface area contributed by atoms with Crippen molar-refractivity contribution in [3.63, 3.8) is 0 Å². The van der Waals surface area contributed by atoms with Gasteiger partial charge in [-0.3, -0.25) is 9.59 Å². The topological polar surface area (TPSA) is 40.6 Å². The van der Waals surface area contributed by atoms with E-state index in [0.717, 1.165) is 37.2 Å². The van der Waals surface area contributed by atoms with Gasteiger partial charge in [0.25, 0.3) is 0 Å². The molecule has 0 aliphatic carbocycles. The summed E-state index contributed by atoms with van der Waals surface area (Å²) in [7, 11) is 0. The number of allylic oxidation sites excluding steroid dienone is 3. The van der Waals surface area contributed by atoms with Crippen molar-refractivity contribution in [1.82, 2.24) is 0 Å². The second-order valence-corrected chi connectivity index (χ2v) is 7.10. The molecule has 3 aliphatic heterocycles. The van der Waals surface area contributed by atoms with Crippen LogP contribution in [0.4, 0.5) is 11.4 Å². The molecule has 5 rings (SSSR count). The van der Waals surface area contributed by atoms with Crippen LogP contribution in [0.2, 0.25) is 0 Å². The maximum atomic E-state index is 13.3. The van der Waals surface area contributed by atoms with Crippen molar-refractivity contribution in [2.75, 3.05) is 22.9 Å². The molecule has 0 atom stereocenters. The fourth-order valence-corrected chi connectivity index (χ4v) is 4.29. The molecule has 2 aromatic carbocycles. The summed E-state index contributed by atoms with van der Waals surface area (Å²) in [6.45, 7) is 1.42. The Balaban J connectivity index is 1.75. The lowest BCUT2D eigenvalue weighted by Gasteiger charge is -2.26. The van der Waals surface area contributed by atoms with E-state index in [4.69, 9.17) is 0 Å². The Kier molecular flexibility index (Phi) is 3.71. The third-order valence-corrected chi connectivity index (χ3v) is 5.51. The number of anilines is 2. The number of para-hydroxylation sites is 2. The largest absolute Gasteiger partial charge is 0.336 e. The Morgan fingerprint density at radius 3 is 1.78 bits per heavy atom. The molecule has 3 aliphatic rings. The number of benzene rings is 2. The number of fused-ring (bicyclic) bond motifs is 6. The van der Waals surface area contributed by atoms with Crippen molar-refractivity contribution >= 4 is 22.9 Å². The lowest BCUT2D eigenvalue weighted by Crippen LogP contribution is -2.31. The molecule has 0 N–H and O–H groups in total. The zero-order valence-corrected chi connectivity index (χ0v) is 15.0. The molecule has 4 nitrogen and oxygen atoms in total. The van der Waals surface area contributed by atoms with Crippen molar-refractivity contribution in [2.24, 2.45) is 0 Å². The molecule has 0 saturated heterocycles. The van der Waals surface area contributed by atoms with Gasteiger partial charge >= 0.3 is 0 Å². The van der Waals surface area contributed by atoms with E-state index < -0.39 is 0 Å². The van der Waals surface area contributed by atoms with Gasteiger partial charge in [-0.05, 0) is 43.5 Å². The van der Waals surface area contributed by atoms with Crippen LogP contribution < -0.4 is 9.80 Å². The molecule has 0 radical (unpaired) electrons. The van der Waals surface area contributed by atoms with Gasteiger partial charge in [0.15, 0.2) is 0 Å². The number of Topliss-reactive ketones (excluding diaryl/α,β-unsaturated/α-hetero) is 2. The summed E-state index contributed by atoms with van der Waals surface area (Å²) < 4.78 is 0. The highest BCUT2D eigenvalue weighted by atomic mass is 16.1. The molecule has 27 heavy (non-hydrogen) atoms. The Morgan fingerprint density at radius 1 is 0.630 bits per heavy atom. The number of rotatable bonds is 0. The average Bonchev–Trinajstić information content (AvgIpc) is 3.11. The summed E-state index contributed by atoms with van der Waals surface area (Å²) in [5.74, 6) is -0.0889. The van der Waals surface area contributed by atoms with E-state index >= 15 is 0 Å². The van der Waals surface area contributed by atoms with Crippen LogP contribution in [0.25, 0.3) is 0 Å². The lowest BCUT2D eigenvalue weighted by atomic mass is 10.1. The molecule has 2 aromatic rings. The Bertz CT molecular complexity index is 1020. The normalized spacial score (nSPS) is 22.7. The standard InChI is InChI=1S/C23H20N2O2/c26-22-16-10-4-6-12-18(16)24-14-8-2-1-3-9-15-25-19-13-7-5-11-17(19)23(27)21(25)20(22)24/h1-2,4-7,10-13H,3,8-9,14-15H2/b2-1+,21-20+. The smallest absolute Gasteiger partial charge is 0.213 e. The zero-order chi connectivity index (χ0) is 18.4. The molecule has 0 fully saturated rings. The maximum Gasteiger partial charge on any atom is 0.213 e.